The van der Waals surface area contributed by atoms with Crippen LogP contribution < -0.4 is 20.3 Å². The number of carbonyl (C=O) groups excluding carboxylic acids is 2. The second kappa shape index (κ2) is 11.0. The highest BCUT2D eigenvalue weighted by Crippen LogP contribution is 2.18. The van der Waals surface area contributed by atoms with Crippen LogP contribution in [0.25, 0.3) is 0 Å². The lowest BCUT2D eigenvalue weighted by molar-refractivity contribution is -0.132. The first-order valence-corrected chi connectivity index (χ1v) is 9.69. The van der Waals surface area contributed by atoms with Crippen molar-refractivity contribution in [2.75, 3.05) is 6.61 Å². The molecule has 9 heteroatoms. The molecule has 1 aromatic heterocycles. The third-order valence-corrected chi connectivity index (χ3v) is 3.94. The predicted molar refractivity (Wildman–Crippen MR) is 105 cm³/mol. The quantitative estimate of drug-likeness (QED) is 0.585. The van der Waals surface area contributed by atoms with Crippen molar-refractivity contribution in [2.45, 2.75) is 59.0 Å². The summed E-state index contributed by atoms with van der Waals surface area (Å²) in [7, 11) is 0. The number of aryl methyl sites for hydroxylation is 1. The highest BCUT2D eigenvalue weighted by Gasteiger charge is 2.16. The number of hydrogen-bond acceptors (Lipinski definition) is 7. The van der Waals surface area contributed by atoms with Crippen LogP contribution in [-0.4, -0.2) is 34.7 Å². The molecule has 0 aliphatic carbocycles. The summed E-state index contributed by atoms with van der Waals surface area (Å²) in [5.41, 5.74) is 4.74. The molecule has 0 fully saturated rings. The van der Waals surface area contributed by atoms with Crippen LogP contribution in [-0.2, 0) is 16.0 Å². The Labute approximate surface area is 170 Å². The molecule has 2 rings (SSSR count). The van der Waals surface area contributed by atoms with Crippen molar-refractivity contribution in [1.29, 1.82) is 0 Å². The molecule has 158 valence electrons. The number of nitrogens with zero attached hydrogens (tertiary/aromatic N) is 2. The fraction of sp³-hybridized carbons (Fsp3) is 0.500. The monoisotopic (exact) mass is 404 g/mol. The molecule has 2 amide bonds. The number of amides is 2. The fourth-order valence-electron chi connectivity index (χ4n) is 2.34. The number of rotatable bonds is 10. The number of ether oxygens (including phenoxy) is 2. The van der Waals surface area contributed by atoms with Crippen molar-refractivity contribution >= 4 is 11.8 Å². The van der Waals surface area contributed by atoms with Gasteiger partial charge >= 0.3 is 0 Å². The van der Waals surface area contributed by atoms with Gasteiger partial charge < -0.3 is 14.0 Å². The maximum Gasteiger partial charge on any atom is 0.279 e. The molecule has 0 radical (unpaired) electrons. The highest BCUT2D eigenvalue weighted by atomic mass is 16.5. The topological polar surface area (TPSA) is 116 Å². The summed E-state index contributed by atoms with van der Waals surface area (Å²) in [6.07, 6.45) is 0.465. The van der Waals surface area contributed by atoms with Gasteiger partial charge in [-0.2, -0.15) is 4.98 Å². The lowest BCUT2D eigenvalue weighted by atomic mass is 10.2. The molecule has 0 spiro atoms. The SMILES string of the molecule is CCOc1ccc(OC(C)C(=O)NNC(=O)CCCc2nc(C(C)C)no2)cc1. The predicted octanol–water partition coefficient (Wildman–Crippen LogP) is 2.53. The summed E-state index contributed by atoms with van der Waals surface area (Å²) >= 11 is 0. The first-order chi connectivity index (χ1) is 13.9. The Morgan fingerprint density at radius 2 is 1.79 bits per heavy atom. The average Bonchev–Trinajstić information content (AvgIpc) is 3.17. The Kier molecular flexibility index (Phi) is 8.45. The van der Waals surface area contributed by atoms with Gasteiger partial charge in [-0.1, -0.05) is 19.0 Å². The van der Waals surface area contributed by atoms with Crippen LogP contribution in [0.5, 0.6) is 11.5 Å². The molecule has 29 heavy (non-hydrogen) atoms. The normalized spacial score (nSPS) is 11.8. The molecule has 2 aromatic rings. The number of hydrogen-bond donors (Lipinski definition) is 2. The summed E-state index contributed by atoms with van der Waals surface area (Å²) in [4.78, 5) is 28.2. The van der Waals surface area contributed by atoms with Crippen LogP contribution in [0.4, 0.5) is 0 Å². The van der Waals surface area contributed by atoms with Gasteiger partial charge in [-0.05, 0) is 44.5 Å². The van der Waals surface area contributed by atoms with Crippen molar-refractivity contribution in [3.63, 3.8) is 0 Å². The Hall–Kier alpha value is -3.10. The Bertz CT molecular complexity index is 788. The fourth-order valence-corrected chi connectivity index (χ4v) is 2.34. The standard InChI is InChI=1S/C20H28N4O5/c1-5-27-15-9-11-16(12-10-15)28-14(4)20(26)23-22-17(25)7-6-8-18-21-19(13(2)3)24-29-18/h9-14H,5-8H2,1-4H3,(H,22,25)(H,23,26). The van der Waals surface area contributed by atoms with Crippen molar-refractivity contribution in [3.05, 3.63) is 36.0 Å². The minimum atomic E-state index is -0.777. The Morgan fingerprint density at radius 3 is 2.41 bits per heavy atom. The number of nitrogens with one attached hydrogen (secondary N) is 2. The van der Waals surface area contributed by atoms with E-state index in [9.17, 15) is 9.59 Å². The second-order valence-electron chi connectivity index (χ2n) is 6.76. The number of carbonyl (C=O) groups is 2. The van der Waals surface area contributed by atoms with Crippen LogP contribution in [0.1, 0.15) is 58.2 Å². The minimum Gasteiger partial charge on any atom is -0.494 e. The molecule has 1 heterocycles. The summed E-state index contributed by atoms with van der Waals surface area (Å²) in [6.45, 7) is 8.03. The van der Waals surface area contributed by atoms with Crippen LogP contribution in [0, 0.1) is 0 Å². The molecule has 0 aliphatic heterocycles. The third-order valence-electron chi connectivity index (χ3n) is 3.94. The summed E-state index contributed by atoms with van der Waals surface area (Å²) in [5, 5.41) is 3.88. The van der Waals surface area contributed by atoms with Crippen LogP contribution in [0.2, 0.25) is 0 Å². The first kappa shape index (κ1) is 22.2. The van der Waals surface area contributed by atoms with Gasteiger partial charge in [-0.15, -0.1) is 0 Å². The molecule has 0 bridgehead atoms. The lowest BCUT2D eigenvalue weighted by Gasteiger charge is -2.15. The molecular formula is C20H28N4O5. The molecule has 0 aliphatic rings. The van der Waals surface area contributed by atoms with Gasteiger partial charge in [0.25, 0.3) is 5.91 Å². The molecule has 0 saturated carbocycles. The Morgan fingerprint density at radius 1 is 1.10 bits per heavy atom. The van der Waals surface area contributed by atoms with Crippen LogP contribution in [0.15, 0.2) is 28.8 Å². The third kappa shape index (κ3) is 7.44. The second-order valence-corrected chi connectivity index (χ2v) is 6.76. The van der Waals surface area contributed by atoms with Crippen molar-refractivity contribution in [1.82, 2.24) is 21.0 Å². The molecular weight excluding hydrogens is 376 g/mol. The van der Waals surface area contributed by atoms with E-state index in [1.807, 2.05) is 20.8 Å². The van der Waals surface area contributed by atoms with Gasteiger partial charge in [0, 0.05) is 18.8 Å². The van der Waals surface area contributed by atoms with Gasteiger partial charge in [0.2, 0.25) is 11.8 Å². The maximum absolute atomic E-state index is 12.1. The van der Waals surface area contributed by atoms with Crippen LogP contribution in [0.3, 0.4) is 0 Å². The lowest BCUT2D eigenvalue weighted by Crippen LogP contribution is -2.47. The van der Waals surface area contributed by atoms with E-state index in [4.69, 9.17) is 14.0 Å². The molecule has 1 unspecified atom stereocenters. The van der Waals surface area contributed by atoms with Crippen molar-refractivity contribution < 1.29 is 23.6 Å². The number of aromatic nitrogens is 2. The van der Waals surface area contributed by atoms with Gasteiger partial charge in [0.1, 0.15) is 11.5 Å². The number of benzene rings is 1. The zero-order valence-corrected chi connectivity index (χ0v) is 17.2. The first-order valence-electron chi connectivity index (χ1n) is 9.69. The van der Waals surface area contributed by atoms with E-state index in [-0.39, 0.29) is 18.2 Å². The van der Waals surface area contributed by atoms with E-state index in [0.29, 0.717) is 36.9 Å². The van der Waals surface area contributed by atoms with E-state index >= 15 is 0 Å². The zero-order chi connectivity index (χ0) is 21.2. The van der Waals surface area contributed by atoms with Crippen molar-refractivity contribution in [3.8, 4) is 11.5 Å². The summed E-state index contributed by atoms with van der Waals surface area (Å²) in [6, 6.07) is 6.96. The molecule has 1 atom stereocenters. The average molecular weight is 404 g/mol. The Balaban J connectivity index is 1.66. The van der Waals surface area contributed by atoms with E-state index in [2.05, 4.69) is 21.0 Å². The summed E-state index contributed by atoms with van der Waals surface area (Å²) in [5.74, 6) is 1.84. The smallest absolute Gasteiger partial charge is 0.279 e. The highest BCUT2D eigenvalue weighted by molar-refractivity contribution is 5.84. The molecule has 2 N–H and O–H groups in total. The minimum absolute atomic E-state index is 0.192. The van der Waals surface area contributed by atoms with Gasteiger partial charge in [-0.3, -0.25) is 20.4 Å². The number of hydrazine groups is 1. The summed E-state index contributed by atoms with van der Waals surface area (Å²) < 4.78 is 16.0. The van der Waals surface area contributed by atoms with E-state index < -0.39 is 12.0 Å². The molecule has 1 aromatic carbocycles. The van der Waals surface area contributed by atoms with E-state index in [0.717, 1.165) is 5.75 Å². The van der Waals surface area contributed by atoms with E-state index in [1.54, 1.807) is 31.2 Å². The van der Waals surface area contributed by atoms with Crippen LogP contribution >= 0.6 is 0 Å². The largest absolute Gasteiger partial charge is 0.494 e. The zero-order valence-electron chi connectivity index (χ0n) is 17.2. The molecule has 9 nitrogen and oxygen atoms in total. The van der Waals surface area contributed by atoms with Crippen molar-refractivity contribution in [2.24, 2.45) is 0 Å². The van der Waals surface area contributed by atoms with Gasteiger partial charge in [0.05, 0.1) is 6.61 Å². The van der Waals surface area contributed by atoms with Gasteiger partial charge in [0.15, 0.2) is 11.9 Å². The van der Waals surface area contributed by atoms with E-state index in [1.165, 1.54) is 0 Å². The maximum atomic E-state index is 12.1. The van der Waals surface area contributed by atoms with Gasteiger partial charge in [-0.25, -0.2) is 0 Å². The molecule has 0 saturated heterocycles.